The van der Waals surface area contributed by atoms with E-state index in [9.17, 15) is 9.59 Å². The molecule has 5 heteroatoms. The summed E-state index contributed by atoms with van der Waals surface area (Å²) in [7, 11) is 3.67. The van der Waals surface area contributed by atoms with Gasteiger partial charge in [0.25, 0.3) is 5.56 Å². The quantitative estimate of drug-likeness (QED) is 0.490. The van der Waals surface area contributed by atoms with Gasteiger partial charge in [-0.1, -0.05) is 35.9 Å². The smallest absolute Gasteiger partial charge is 0.259 e. The van der Waals surface area contributed by atoms with Crippen LogP contribution in [0.3, 0.4) is 0 Å². The highest BCUT2D eigenvalue weighted by Gasteiger charge is 2.18. The summed E-state index contributed by atoms with van der Waals surface area (Å²) in [5.74, 6) is 0.00463. The van der Waals surface area contributed by atoms with Crippen LogP contribution in [-0.4, -0.2) is 14.9 Å². The average Bonchev–Trinajstić information content (AvgIpc) is 2.91. The molecule has 0 atom stereocenters. The largest absolute Gasteiger partial charge is 0.330 e. The molecular weight excluding hydrogens is 348 g/mol. The van der Waals surface area contributed by atoms with Crippen LogP contribution in [0.1, 0.15) is 17.3 Å². The van der Waals surface area contributed by atoms with E-state index in [1.165, 1.54) is 0 Å². The normalized spacial score (nSPS) is 11.4. The molecule has 2 heterocycles. The number of ketones is 1. The first-order chi connectivity index (χ1) is 12.4. The molecule has 0 amide bonds. The Labute approximate surface area is 155 Å². The van der Waals surface area contributed by atoms with Gasteiger partial charge in [0.05, 0.1) is 5.52 Å². The Bertz CT molecular complexity index is 1250. The number of pyridine rings is 1. The van der Waals surface area contributed by atoms with Crippen molar-refractivity contribution in [3.05, 3.63) is 69.5 Å². The maximum absolute atomic E-state index is 13.0. The number of aryl methyl sites for hydroxylation is 2. The van der Waals surface area contributed by atoms with Crippen molar-refractivity contribution in [3.8, 4) is 11.1 Å². The Morgan fingerprint density at radius 2 is 1.69 bits per heavy atom. The second-order valence-corrected chi connectivity index (χ2v) is 6.92. The van der Waals surface area contributed by atoms with Crippen molar-refractivity contribution in [3.63, 3.8) is 0 Å². The molecule has 0 bridgehead atoms. The van der Waals surface area contributed by atoms with Crippen LogP contribution in [-0.2, 0) is 14.1 Å². The highest BCUT2D eigenvalue weighted by molar-refractivity contribution is 6.30. The predicted octanol–water partition coefficient (Wildman–Crippen LogP) is 4.55. The minimum atomic E-state index is -0.0879. The summed E-state index contributed by atoms with van der Waals surface area (Å²) >= 11 is 5.98. The zero-order chi connectivity index (χ0) is 18.6. The van der Waals surface area contributed by atoms with Crippen LogP contribution in [0.2, 0.25) is 5.02 Å². The molecule has 0 N–H and O–H groups in total. The first-order valence-corrected chi connectivity index (χ1v) is 8.66. The van der Waals surface area contributed by atoms with Gasteiger partial charge in [-0.15, -0.1) is 0 Å². The fraction of sp³-hybridized carbons (Fsp3) is 0.143. The molecule has 0 radical (unpaired) electrons. The van der Waals surface area contributed by atoms with Crippen LogP contribution in [0.15, 0.2) is 53.3 Å². The van der Waals surface area contributed by atoms with Gasteiger partial charge >= 0.3 is 0 Å². The van der Waals surface area contributed by atoms with Crippen LogP contribution in [0.5, 0.6) is 0 Å². The number of carbonyl (C=O) groups is 1. The minimum absolute atomic E-state index is 0.00463. The molecule has 4 rings (SSSR count). The molecule has 0 saturated heterocycles. The zero-order valence-corrected chi connectivity index (χ0v) is 15.5. The molecule has 0 aliphatic carbocycles. The molecule has 130 valence electrons. The predicted molar refractivity (Wildman–Crippen MR) is 106 cm³/mol. The molecule has 0 spiro atoms. The van der Waals surface area contributed by atoms with Crippen molar-refractivity contribution in [2.75, 3.05) is 0 Å². The van der Waals surface area contributed by atoms with Crippen molar-refractivity contribution in [2.24, 2.45) is 14.1 Å². The highest BCUT2D eigenvalue weighted by Crippen LogP contribution is 2.32. The number of carbonyl (C=O) groups excluding carboxylic acids is 1. The molecule has 0 saturated carbocycles. The third-order valence-electron chi connectivity index (χ3n) is 4.91. The van der Waals surface area contributed by atoms with E-state index in [4.69, 9.17) is 11.6 Å². The van der Waals surface area contributed by atoms with E-state index in [1.807, 2.05) is 48.0 Å². The van der Waals surface area contributed by atoms with Gasteiger partial charge < -0.3 is 4.57 Å². The van der Waals surface area contributed by atoms with Crippen molar-refractivity contribution in [2.45, 2.75) is 6.92 Å². The molecule has 0 aliphatic heterocycles. The molecular formula is C21H17ClN2O2. The number of halogens is 1. The van der Waals surface area contributed by atoms with Gasteiger partial charge in [-0.05, 0) is 36.8 Å². The van der Waals surface area contributed by atoms with Crippen molar-refractivity contribution < 1.29 is 4.79 Å². The lowest BCUT2D eigenvalue weighted by atomic mass is 10.0. The number of fused-ring (bicyclic) bond motifs is 3. The summed E-state index contributed by atoms with van der Waals surface area (Å²) in [4.78, 5) is 25.1. The molecule has 4 nitrogen and oxygen atoms in total. The SMILES string of the molecule is CC(=O)c1cccc2c1c1cc(-c3ccc(Cl)cc3)c(=O)n(C)c1n2C. The average molecular weight is 365 g/mol. The molecule has 26 heavy (non-hydrogen) atoms. The van der Waals surface area contributed by atoms with Crippen LogP contribution < -0.4 is 5.56 Å². The first-order valence-electron chi connectivity index (χ1n) is 8.28. The van der Waals surface area contributed by atoms with Gasteiger partial charge in [-0.25, -0.2) is 0 Å². The third-order valence-corrected chi connectivity index (χ3v) is 5.16. The Kier molecular flexibility index (Phi) is 3.74. The standard InChI is InChI=1S/C21H17ClN2O2/c1-12(25)15-5-4-6-18-19(15)17-11-16(13-7-9-14(22)10-8-13)21(26)24(3)20(17)23(18)2/h4-11H,1-3H3. The first kappa shape index (κ1) is 16.6. The lowest BCUT2D eigenvalue weighted by molar-refractivity contribution is 0.101. The highest BCUT2D eigenvalue weighted by atomic mass is 35.5. The monoisotopic (exact) mass is 364 g/mol. The van der Waals surface area contributed by atoms with E-state index in [2.05, 4.69) is 0 Å². The number of Topliss-reactive ketones (excluding diaryl/α,β-unsaturated/α-hetero) is 1. The summed E-state index contributed by atoms with van der Waals surface area (Å²) in [6.07, 6.45) is 0. The van der Waals surface area contributed by atoms with Crippen molar-refractivity contribution >= 4 is 39.3 Å². The summed E-state index contributed by atoms with van der Waals surface area (Å²) < 4.78 is 3.60. The second-order valence-electron chi connectivity index (χ2n) is 6.48. The lowest BCUT2D eigenvalue weighted by Crippen LogP contribution is -2.20. The van der Waals surface area contributed by atoms with E-state index >= 15 is 0 Å². The van der Waals surface area contributed by atoms with Crippen molar-refractivity contribution in [1.82, 2.24) is 9.13 Å². The third kappa shape index (κ3) is 2.30. The Balaban J connectivity index is 2.20. The summed E-state index contributed by atoms with van der Waals surface area (Å²) in [5.41, 5.74) is 3.67. The fourth-order valence-electron chi connectivity index (χ4n) is 3.66. The number of hydrogen-bond donors (Lipinski definition) is 0. The maximum atomic E-state index is 13.0. The minimum Gasteiger partial charge on any atom is -0.330 e. The van der Waals surface area contributed by atoms with Gasteiger partial charge in [0.2, 0.25) is 0 Å². The molecule has 2 aromatic carbocycles. The second kappa shape index (κ2) is 5.85. The van der Waals surface area contributed by atoms with Gasteiger partial charge in [0.1, 0.15) is 5.65 Å². The topological polar surface area (TPSA) is 44.0 Å². The summed E-state index contributed by atoms with van der Waals surface area (Å²) in [6.45, 7) is 1.57. The number of rotatable bonds is 2. The molecule has 0 unspecified atom stereocenters. The molecule has 4 aromatic rings. The van der Waals surface area contributed by atoms with Crippen LogP contribution >= 0.6 is 11.6 Å². The molecule has 0 fully saturated rings. The van der Waals surface area contributed by atoms with E-state index in [-0.39, 0.29) is 11.3 Å². The number of nitrogens with zero attached hydrogens (tertiary/aromatic N) is 2. The fourth-order valence-corrected chi connectivity index (χ4v) is 3.79. The van der Waals surface area contributed by atoms with E-state index in [0.29, 0.717) is 16.1 Å². The van der Waals surface area contributed by atoms with Gasteiger partial charge in [-0.3, -0.25) is 14.2 Å². The van der Waals surface area contributed by atoms with Gasteiger partial charge in [0.15, 0.2) is 5.78 Å². The Morgan fingerprint density at radius 1 is 1.00 bits per heavy atom. The van der Waals surface area contributed by atoms with E-state index in [1.54, 1.807) is 30.7 Å². The maximum Gasteiger partial charge on any atom is 0.259 e. The number of aromatic nitrogens is 2. The van der Waals surface area contributed by atoms with E-state index in [0.717, 1.165) is 27.5 Å². The summed E-state index contributed by atoms with van der Waals surface area (Å²) in [6, 6.07) is 14.8. The zero-order valence-electron chi connectivity index (χ0n) is 14.7. The van der Waals surface area contributed by atoms with E-state index < -0.39 is 0 Å². The van der Waals surface area contributed by atoms with Crippen LogP contribution in [0.4, 0.5) is 0 Å². The number of hydrogen-bond acceptors (Lipinski definition) is 2. The van der Waals surface area contributed by atoms with Gasteiger partial charge in [0, 0.05) is 41.0 Å². The number of benzene rings is 2. The lowest BCUT2D eigenvalue weighted by Gasteiger charge is -2.08. The molecule has 0 aliphatic rings. The Hall–Kier alpha value is -2.85. The molecule has 2 aromatic heterocycles. The van der Waals surface area contributed by atoms with Gasteiger partial charge in [-0.2, -0.15) is 0 Å². The van der Waals surface area contributed by atoms with Crippen LogP contribution in [0, 0.1) is 0 Å². The summed E-state index contributed by atoms with van der Waals surface area (Å²) in [5, 5.41) is 2.39. The Morgan fingerprint density at radius 3 is 2.35 bits per heavy atom. The van der Waals surface area contributed by atoms with Crippen LogP contribution in [0.25, 0.3) is 33.1 Å². The van der Waals surface area contributed by atoms with Crippen molar-refractivity contribution in [1.29, 1.82) is 0 Å².